The quantitative estimate of drug-likeness (QED) is 0.341. The summed E-state index contributed by atoms with van der Waals surface area (Å²) in [5, 5.41) is 13.1. The van der Waals surface area contributed by atoms with Crippen LogP contribution in [0.5, 0.6) is 0 Å². The van der Waals surface area contributed by atoms with Crippen molar-refractivity contribution in [2.45, 2.75) is 18.0 Å². The third-order valence-corrected chi connectivity index (χ3v) is 4.47. The molecule has 0 fully saturated rings. The molecular weight excluding hydrogens is 376 g/mol. The lowest BCUT2D eigenvalue weighted by Crippen LogP contribution is -2.15. The maximum atomic E-state index is 14.1. The molecule has 0 aliphatic heterocycles. The molecule has 0 bridgehead atoms. The lowest BCUT2D eigenvalue weighted by molar-refractivity contribution is -0.385. The fourth-order valence-electron chi connectivity index (χ4n) is 2.08. The molecule has 0 spiro atoms. The van der Waals surface area contributed by atoms with Gasteiger partial charge in [0, 0.05) is 11.0 Å². The molecule has 0 aliphatic carbocycles. The van der Waals surface area contributed by atoms with Gasteiger partial charge < -0.3 is 5.32 Å². The molecule has 0 aliphatic rings. The molecule has 1 amide bonds. The molecule has 10 heteroatoms. The number of hydrogen-bond acceptors (Lipinski definition) is 4. The molecule has 0 saturated heterocycles. The van der Waals surface area contributed by atoms with E-state index in [9.17, 15) is 32.5 Å². The molecule has 138 valence electrons. The second kappa shape index (κ2) is 7.73. The molecule has 0 aromatic heterocycles. The van der Waals surface area contributed by atoms with Gasteiger partial charge in [-0.15, -0.1) is 11.8 Å². The van der Waals surface area contributed by atoms with Crippen molar-refractivity contribution in [1.29, 1.82) is 0 Å². The van der Waals surface area contributed by atoms with Gasteiger partial charge in [-0.3, -0.25) is 14.9 Å². The van der Waals surface area contributed by atoms with E-state index in [1.54, 1.807) is 0 Å². The van der Waals surface area contributed by atoms with Gasteiger partial charge in [0.1, 0.15) is 11.4 Å². The van der Waals surface area contributed by atoms with E-state index < -0.39 is 34.3 Å². The Bertz CT molecular complexity index is 856. The summed E-state index contributed by atoms with van der Waals surface area (Å²) >= 11 is 0.457. The molecule has 2 rings (SSSR count). The molecular formula is C16H12F4N2O3S. The number of nitrogens with one attached hydrogen (secondary N) is 1. The molecule has 0 radical (unpaired) electrons. The van der Waals surface area contributed by atoms with Crippen molar-refractivity contribution in [1.82, 2.24) is 0 Å². The Morgan fingerprint density at radius 1 is 1.27 bits per heavy atom. The van der Waals surface area contributed by atoms with Gasteiger partial charge in [-0.2, -0.15) is 13.2 Å². The fraction of sp³-hybridized carbons (Fsp3) is 0.188. The van der Waals surface area contributed by atoms with Crippen molar-refractivity contribution < 1.29 is 27.3 Å². The van der Waals surface area contributed by atoms with E-state index in [4.69, 9.17) is 0 Å². The number of amides is 1. The summed E-state index contributed by atoms with van der Waals surface area (Å²) in [6.07, 6.45) is -4.40. The van der Waals surface area contributed by atoms with Gasteiger partial charge in [0.15, 0.2) is 0 Å². The molecule has 0 atom stereocenters. The Hall–Kier alpha value is -2.62. The number of hydrogen-bond donors (Lipinski definition) is 1. The van der Waals surface area contributed by atoms with Crippen LogP contribution in [0.2, 0.25) is 0 Å². The second-order valence-corrected chi connectivity index (χ2v) is 6.25. The lowest BCUT2D eigenvalue weighted by Gasteiger charge is -2.12. The number of thioether (sulfide) groups is 1. The van der Waals surface area contributed by atoms with Gasteiger partial charge in [-0.05, 0) is 30.7 Å². The number of rotatable bonds is 5. The zero-order valence-electron chi connectivity index (χ0n) is 13.3. The third-order valence-electron chi connectivity index (χ3n) is 3.25. The number of nitrogens with zero attached hydrogens (tertiary/aromatic N) is 1. The number of carbonyl (C=O) groups excluding carboxylic acids is 1. The van der Waals surface area contributed by atoms with Crippen molar-refractivity contribution in [3.05, 3.63) is 63.5 Å². The van der Waals surface area contributed by atoms with E-state index >= 15 is 0 Å². The summed E-state index contributed by atoms with van der Waals surface area (Å²) in [5.41, 5.74) is -0.838. The Kier molecular flexibility index (Phi) is 5.86. The molecule has 26 heavy (non-hydrogen) atoms. The smallest absolute Gasteiger partial charge is 0.319 e. The third kappa shape index (κ3) is 4.94. The number of benzene rings is 2. The van der Waals surface area contributed by atoms with Gasteiger partial charge in [0.2, 0.25) is 0 Å². The van der Waals surface area contributed by atoms with Gasteiger partial charge in [-0.25, -0.2) is 4.39 Å². The highest BCUT2D eigenvalue weighted by Crippen LogP contribution is 2.32. The molecule has 1 N–H and O–H groups in total. The van der Waals surface area contributed by atoms with Gasteiger partial charge >= 0.3 is 6.18 Å². The Morgan fingerprint density at radius 3 is 2.54 bits per heavy atom. The number of halogens is 4. The van der Waals surface area contributed by atoms with Crippen LogP contribution in [-0.4, -0.2) is 22.8 Å². The zero-order valence-corrected chi connectivity index (χ0v) is 14.1. The standard InChI is InChI=1S/C16H12F4N2O3S/c1-9-6-11(17)12(7-14(9)26-8-16(18,19)20)21-15(23)10-4-2-3-5-13(10)22(24)25/h2-7H,8H2,1H3,(H,21,23). The fourth-order valence-corrected chi connectivity index (χ4v) is 2.89. The maximum Gasteiger partial charge on any atom is 0.398 e. The Balaban J connectivity index is 2.29. The van der Waals surface area contributed by atoms with Gasteiger partial charge in [0.05, 0.1) is 16.4 Å². The number of nitro benzene ring substituents is 1. The van der Waals surface area contributed by atoms with Crippen LogP contribution in [0.1, 0.15) is 15.9 Å². The number of nitro groups is 1. The van der Waals surface area contributed by atoms with Crippen LogP contribution in [0.25, 0.3) is 0 Å². The van der Waals surface area contributed by atoms with Crippen LogP contribution < -0.4 is 5.32 Å². The number of anilines is 1. The van der Waals surface area contributed by atoms with E-state index in [1.807, 2.05) is 0 Å². The van der Waals surface area contributed by atoms with Crippen LogP contribution in [0.4, 0.5) is 28.9 Å². The molecule has 0 saturated carbocycles. The summed E-state index contributed by atoms with van der Waals surface area (Å²) in [6, 6.07) is 7.15. The number of para-hydroxylation sites is 1. The van der Waals surface area contributed by atoms with E-state index in [0.29, 0.717) is 11.8 Å². The Morgan fingerprint density at radius 2 is 1.92 bits per heavy atom. The van der Waals surface area contributed by atoms with Crippen LogP contribution in [0.3, 0.4) is 0 Å². The zero-order chi connectivity index (χ0) is 19.5. The highest BCUT2D eigenvalue weighted by Gasteiger charge is 2.28. The van der Waals surface area contributed by atoms with Crippen LogP contribution >= 0.6 is 11.8 Å². The summed E-state index contributed by atoms with van der Waals surface area (Å²) in [6.45, 7) is 1.44. The second-order valence-electron chi connectivity index (χ2n) is 5.23. The van der Waals surface area contributed by atoms with Gasteiger partial charge in [-0.1, -0.05) is 12.1 Å². The predicted octanol–water partition coefficient (Wildman–Crippen LogP) is 4.95. The first-order valence-corrected chi connectivity index (χ1v) is 8.11. The van der Waals surface area contributed by atoms with E-state index in [2.05, 4.69) is 5.32 Å². The van der Waals surface area contributed by atoms with E-state index in [0.717, 1.165) is 18.2 Å². The maximum absolute atomic E-state index is 14.1. The summed E-state index contributed by atoms with van der Waals surface area (Å²) < 4.78 is 51.2. The summed E-state index contributed by atoms with van der Waals surface area (Å²) in [4.78, 5) is 22.6. The van der Waals surface area contributed by atoms with Crippen molar-refractivity contribution >= 4 is 29.0 Å². The van der Waals surface area contributed by atoms with Crippen molar-refractivity contribution in [3.63, 3.8) is 0 Å². The molecule has 5 nitrogen and oxygen atoms in total. The molecule has 2 aromatic carbocycles. The van der Waals surface area contributed by atoms with Crippen LogP contribution in [0.15, 0.2) is 41.3 Å². The average molecular weight is 388 g/mol. The molecule has 2 aromatic rings. The first-order chi connectivity index (χ1) is 12.1. The van der Waals surface area contributed by atoms with E-state index in [-0.39, 0.29) is 21.7 Å². The molecule has 0 heterocycles. The normalized spacial score (nSPS) is 11.3. The Labute approximate surface area is 149 Å². The minimum Gasteiger partial charge on any atom is -0.319 e. The number of carbonyl (C=O) groups is 1. The minimum atomic E-state index is -4.40. The van der Waals surface area contributed by atoms with Crippen molar-refractivity contribution in [2.24, 2.45) is 0 Å². The first-order valence-electron chi connectivity index (χ1n) is 7.13. The monoisotopic (exact) mass is 388 g/mol. The molecule has 0 unspecified atom stereocenters. The lowest BCUT2D eigenvalue weighted by atomic mass is 10.1. The largest absolute Gasteiger partial charge is 0.398 e. The first kappa shape index (κ1) is 19.7. The highest BCUT2D eigenvalue weighted by molar-refractivity contribution is 7.99. The van der Waals surface area contributed by atoms with Crippen LogP contribution in [-0.2, 0) is 0 Å². The van der Waals surface area contributed by atoms with Crippen molar-refractivity contribution in [3.8, 4) is 0 Å². The highest BCUT2D eigenvalue weighted by atomic mass is 32.2. The average Bonchev–Trinajstić information content (AvgIpc) is 2.55. The topological polar surface area (TPSA) is 72.2 Å². The van der Waals surface area contributed by atoms with Gasteiger partial charge in [0.25, 0.3) is 11.6 Å². The summed E-state index contributed by atoms with van der Waals surface area (Å²) in [7, 11) is 0. The van der Waals surface area contributed by atoms with Crippen molar-refractivity contribution in [2.75, 3.05) is 11.1 Å². The summed E-state index contributed by atoms with van der Waals surface area (Å²) in [5.74, 6) is -2.96. The van der Waals surface area contributed by atoms with Crippen LogP contribution in [0, 0.1) is 22.9 Å². The minimum absolute atomic E-state index is 0.140. The van der Waals surface area contributed by atoms with E-state index in [1.165, 1.54) is 25.1 Å². The number of aryl methyl sites for hydroxylation is 1. The predicted molar refractivity (Wildman–Crippen MR) is 89.0 cm³/mol. The number of alkyl halides is 3. The SMILES string of the molecule is Cc1cc(F)c(NC(=O)c2ccccc2[N+](=O)[O-])cc1SCC(F)(F)F.